The van der Waals surface area contributed by atoms with E-state index in [1.807, 2.05) is 24.3 Å². The van der Waals surface area contributed by atoms with Gasteiger partial charge >= 0.3 is 0 Å². The molecular formula is C12H15NO3. The van der Waals surface area contributed by atoms with Gasteiger partial charge in [-0.25, -0.2) is 9.79 Å². The molecule has 1 rings (SSSR count). The summed E-state index contributed by atoms with van der Waals surface area (Å²) in [6.45, 7) is 2.44. The number of aliphatic imine (C=N–C) groups is 1. The lowest BCUT2D eigenvalue weighted by Crippen LogP contribution is -2.04. The molecule has 0 saturated heterocycles. The predicted octanol–water partition coefficient (Wildman–Crippen LogP) is 1.32. The topological polar surface area (TPSA) is 58.9 Å². The lowest BCUT2D eigenvalue weighted by molar-refractivity contribution is 0.195. The number of carbonyl (C=O) groups excluding carboxylic acids is 1. The van der Waals surface area contributed by atoms with Gasteiger partial charge in [-0.3, -0.25) is 0 Å². The van der Waals surface area contributed by atoms with E-state index in [0.29, 0.717) is 19.6 Å². The second kappa shape index (κ2) is 6.77. The molecule has 0 aliphatic carbocycles. The van der Waals surface area contributed by atoms with Crippen LogP contribution in [0.2, 0.25) is 0 Å². The van der Waals surface area contributed by atoms with Crippen molar-refractivity contribution in [2.75, 3.05) is 13.2 Å². The van der Waals surface area contributed by atoms with E-state index in [0.717, 1.165) is 11.3 Å². The summed E-state index contributed by atoms with van der Waals surface area (Å²) in [5, 5.41) is 9.20. The highest BCUT2D eigenvalue weighted by Crippen LogP contribution is 2.13. The van der Waals surface area contributed by atoms with Crippen molar-refractivity contribution in [1.29, 1.82) is 0 Å². The first-order chi connectivity index (χ1) is 7.72. The van der Waals surface area contributed by atoms with Crippen molar-refractivity contribution in [2.45, 2.75) is 19.4 Å². The molecule has 0 spiro atoms. The van der Waals surface area contributed by atoms with Gasteiger partial charge in [0.25, 0.3) is 0 Å². The summed E-state index contributed by atoms with van der Waals surface area (Å²) in [4.78, 5) is 13.2. The third-order valence-electron chi connectivity index (χ3n) is 1.99. The second-order valence-corrected chi connectivity index (χ2v) is 3.52. The molecule has 0 fully saturated rings. The smallest absolute Gasteiger partial charge is 0.235 e. The molecule has 4 heteroatoms. The van der Waals surface area contributed by atoms with Gasteiger partial charge in [0.05, 0.1) is 12.6 Å². The molecule has 0 aliphatic rings. The van der Waals surface area contributed by atoms with Gasteiger partial charge in [0, 0.05) is 0 Å². The molecule has 0 aliphatic heterocycles. The Balaban J connectivity index is 2.41. The Bertz CT molecular complexity index is 353. The van der Waals surface area contributed by atoms with Gasteiger partial charge in [0.1, 0.15) is 12.4 Å². The fraction of sp³-hybridized carbons (Fsp3) is 0.417. The van der Waals surface area contributed by atoms with Crippen molar-refractivity contribution in [3.05, 3.63) is 29.8 Å². The van der Waals surface area contributed by atoms with Crippen LogP contribution in [-0.2, 0) is 11.2 Å². The molecule has 1 aromatic rings. The summed E-state index contributed by atoms with van der Waals surface area (Å²) in [6, 6.07) is 7.49. The van der Waals surface area contributed by atoms with Crippen LogP contribution in [0.15, 0.2) is 29.3 Å². The third-order valence-corrected chi connectivity index (χ3v) is 1.99. The molecule has 0 bridgehead atoms. The van der Waals surface area contributed by atoms with Crippen molar-refractivity contribution < 1.29 is 14.6 Å². The molecular weight excluding hydrogens is 206 g/mol. The van der Waals surface area contributed by atoms with Crippen LogP contribution < -0.4 is 4.74 Å². The highest BCUT2D eigenvalue weighted by atomic mass is 16.5. The van der Waals surface area contributed by atoms with Gasteiger partial charge in [-0.05, 0) is 31.0 Å². The highest BCUT2D eigenvalue weighted by Gasteiger charge is 1.99. The molecule has 16 heavy (non-hydrogen) atoms. The quantitative estimate of drug-likeness (QED) is 0.448. The molecule has 0 heterocycles. The van der Waals surface area contributed by atoms with Gasteiger partial charge in [0.2, 0.25) is 6.08 Å². The maximum Gasteiger partial charge on any atom is 0.235 e. The Morgan fingerprint density at radius 1 is 1.44 bits per heavy atom. The van der Waals surface area contributed by atoms with Crippen molar-refractivity contribution in [3.8, 4) is 5.75 Å². The normalized spacial score (nSPS) is 11.6. The van der Waals surface area contributed by atoms with Crippen LogP contribution in [0.5, 0.6) is 5.75 Å². The minimum absolute atomic E-state index is 0.318. The van der Waals surface area contributed by atoms with Gasteiger partial charge in [-0.1, -0.05) is 12.1 Å². The zero-order chi connectivity index (χ0) is 11.8. The summed E-state index contributed by atoms with van der Waals surface area (Å²) < 4.78 is 5.33. The lowest BCUT2D eigenvalue weighted by Gasteiger charge is -2.06. The van der Waals surface area contributed by atoms with Crippen LogP contribution in [0.4, 0.5) is 0 Å². The molecule has 4 nitrogen and oxygen atoms in total. The van der Waals surface area contributed by atoms with E-state index < -0.39 is 0 Å². The standard InChI is InChI=1S/C12H15NO3/c1-10(15)8-11-2-4-12(5-3-11)16-7-6-13-9-14/h2-5,10,15H,6-8H2,1H3. The van der Waals surface area contributed by atoms with Gasteiger partial charge in [0.15, 0.2) is 0 Å². The number of aliphatic hydroxyl groups excluding tert-OH is 1. The number of nitrogens with zero attached hydrogens (tertiary/aromatic N) is 1. The van der Waals surface area contributed by atoms with Crippen LogP contribution in [-0.4, -0.2) is 30.4 Å². The van der Waals surface area contributed by atoms with Crippen LogP contribution >= 0.6 is 0 Å². The third kappa shape index (κ3) is 4.73. The maximum atomic E-state index is 9.79. The molecule has 1 N–H and O–H groups in total. The number of aliphatic hydroxyl groups is 1. The molecule has 86 valence electrons. The molecule has 1 aromatic carbocycles. The Labute approximate surface area is 94.6 Å². The summed E-state index contributed by atoms with van der Waals surface area (Å²) in [5.74, 6) is 0.732. The van der Waals surface area contributed by atoms with E-state index in [-0.39, 0.29) is 6.10 Å². The Hall–Kier alpha value is -1.64. The Kier molecular flexibility index (Phi) is 5.26. The average molecular weight is 221 g/mol. The summed E-state index contributed by atoms with van der Waals surface area (Å²) in [5.41, 5.74) is 1.06. The molecule has 0 aromatic heterocycles. The number of hydrogen-bond donors (Lipinski definition) is 1. The first-order valence-corrected chi connectivity index (χ1v) is 5.16. The van der Waals surface area contributed by atoms with Crippen LogP contribution in [0.1, 0.15) is 12.5 Å². The average Bonchev–Trinajstić information content (AvgIpc) is 2.26. The summed E-state index contributed by atoms with van der Waals surface area (Å²) >= 11 is 0. The van der Waals surface area contributed by atoms with Gasteiger partial charge < -0.3 is 9.84 Å². The van der Waals surface area contributed by atoms with Crippen LogP contribution in [0.3, 0.4) is 0 Å². The first-order valence-electron chi connectivity index (χ1n) is 5.16. The lowest BCUT2D eigenvalue weighted by atomic mass is 10.1. The molecule has 1 atom stereocenters. The van der Waals surface area contributed by atoms with Crippen molar-refractivity contribution in [1.82, 2.24) is 0 Å². The highest BCUT2D eigenvalue weighted by molar-refractivity contribution is 5.32. The first kappa shape index (κ1) is 12.4. The Morgan fingerprint density at radius 2 is 2.12 bits per heavy atom. The number of hydrogen-bond acceptors (Lipinski definition) is 4. The van der Waals surface area contributed by atoms with Gasteiger partial charge in [-0.15, -0.1) is 0 Å². The fourth-order valence-electron chi connectivity index (χ4n) is 1.32. The monoisotopic (exact) mass is 221 g/mol. The minimum Gasteiger partial charge on any atom is -0.492 e. The predicted molar refractivity (Wildman–Crippen MR) is 60.3 cm³/mol. The van der Waals surface area contributed by atoms with E-state index >= 15 is 0 Å². The van der Waals surface area contributed by atoms with E-state index in [2.05, 4.69) is 4.99 Å². The van der Waals surface area contributed by atoms with E-state index in [9.17, 15) is 9.90 Å². The Morgan fingerprint density at radius 3 is 2.69 bits per heavy atom. The zero-order valence-corrected chi connectivity index (χ0v) is 9.22. The minimum atomic E-state index is -0.339. The largest absolute Gasteiger partial charge is 0.492 e. The number of ether oxygens (including phenoxy) is 1. The SMILES string of the molecule is CC(O)Cc1ccc(OCCN=C=O)cc1. The number of benzene rings is 1. The molecule has 0 amide bonds. The van der Waals surface area contributed by atoms with Crippen molar-refractivity contribution >= 4 is 6.08 Å². The van der Waals surface area contributed by atoms with E-state index in [1.165, 1.54) is 6.08 Å². The summed E-state index contributed by atoms with van der Waals surface area (Å²) in [6.07, 6.45) is 1.75. The number of rotatable bonds is 6. The zero-order valence-electron chi connectivity index (χ0n) is 9.22. The van der Waals surface area contributed by atoms with Crippen LogP contribution in [0.25, 0.3) is 0 Å². The number of isocyanates is 1. The molecule has 0 saturated carbocycles. The van der Waals surface area contributed by atoms with E-state index in [4.69, 9.17) is 4.74 Å². The fourth-order valence-corrected chi connectivity index (χ4v) is 1.32. The van der Waals surface area contributed by atoms with E-state index in [1.54, 1.807) is 6.92 Å². The second-order valence-electron chi connectivity index (χ2n) is 3.52. The summed E-state index contributed by atoms with van der Waals surface area (Å²) in [7, 11) is 0. The van der Waals surface area contributed by atoms with Gasteiger partial charge in [-0.2, -0.15) is 0 Å². The van der Waals surface area contributed by atoms with Crippen molar-refractivity contribution in [2.24, 2.45) is 4.99 Å². The van der Waals surface area contributed by atoms with Crippen LogP contribution in [0, 0.1) is 0 Å². The van der Waals surface area contributed by atoms with Crippen molar-refractivity contribution in [3.63, 3.8) is 0 Å². The molecule has 0 radical (unpaired) electrons. The maximum absolute atomic E-state index is 9.79. The molecule has 1 unspecified atom stereocenters.